The zero-order valence-electron chi connectivity index (χ0n) is 23.3. The highest BCUT2D eigenvalue weighted by molar-refractivity contribution is 5.98. The molecule has 3 aliphatic rings. The number of rotatable bonds is 6. The van der Waals surface area contributed by atoms with Gasteiger partial charge in [0.15, 0.2) is 6.61 Å². The number of fused-ring (bicyclic) bond motifs is 2. The Balaban J connectivity index is 1.14. The third-order valence-electron chi connectivity index (χ3n) is 8.41. The van der Waals surface area contributed by atoms with Crippen molar-refractivity contribution in [1.82, 2.24) is 19.6 Å². The number of carboxylic acid groups (broad SMARTS) is 1. The van der Waals surface area contributed by atoms with Crippen LogP contribution in [0.15, 0.2) is 48.5 Å². The van der Waals surface area contributed by atoms with E-state index in [0.29, 0.717) is 48.6 Å². The summed E-state index contributed by atoms with van der Waals surface area (Å²) < 4.78 is 46.6. The molecule has 2 aromatic carbocycles. The Kier molecular flexibility index (Phi) is 7.77. The van der Waals surface area contributed by atoms with E-state index in [1.807, 2.05) is 29.2 Å². The molecular formula is C30H32F3N5O5. The van der Waals surface area contributed by atoms with Gasteiger partial charge in [-0.1, -0.05) is 24.3 Å². The normalized spacial score (nSPS) is 18.7. The Bertz CT molecular complexity index is 1500. The number of ether oxygens (including phenoxy) is 1. The number of piperidine rings is 1. The van der Waals surface area contributed by atoms with Crippen molar-refractivity contribution in [2.75, 3.05) is 37.7 Å². The Hall–Kier alpha value is -4.10. The molecule has 1 aromatic heterocycles. The molecule has 0 spiro atoms. The maximum Gasteiger partial charge on any atom is 0.416 e. The number of hydrogen-bond acceptors (Lipinski definition) is 6. The van der Waals surface area contributed by atoms with Crippen LogP contribution in [-0.2, 0) is 30.5 Å². The number of β-amino-alcohol motifs (C(OH)–C–C–N with tert-alkyl or cyclic N) is 1. The minimum atomic E-state index is -4.47. The lowest BCUT2D eigenvalue weighted by molar-refractivity contribution is -0.137. The standard InChI is InChI=1S/C30H32F3N5O5/c31-30(32,33)20-7-5-19(6-8-20)28-23-17-36(29(41)42)14-11-24(23)37(34-28)16-22(39)15-35-12-9-21(10-13-35)38-25-3-1-2-4-26(25)43-18-27(38)40/h1-8,21-22,39H,9-18H2,(H,41,42). The smallest absolute Gasteiger partial charge is 0.416 e. The summed E-state index contributed by atoms with van der Waals surface area (Å²) in [6.45, 7) is 2.26. The van der Waals surface area contributed by atoms with Crippen molar-refractivity contribution in [3.8, 4) is 17.0 Å². The van der Waals surface area contributed by atoms with Gasteiger partial charge in [-0.05, 0) is 37.1 Å². The Morgan fingerprint density at radius 2 is 1.77 bits per heavy atom. The molecule has 1 saturated heterocycles. The number of anilines is 1. The summed E-state index contributed by atoms with van der Waals surface area (Å²) in [4.78, 5) is 29.6. The molecular weight excluding hydrogens is 567 g/mol. The summed E-state index contributed by atoms with van der Waals surface area (Å²) in [7, 11) is 0. The van der Waals surface area contributed by atoms with Gasteiger partial charge in [0.25, 0.3) is 5.91 Å². The van der Waals surface area contributed by atoms with Gasteiger partial charge < -0.3 is 29.6 Å². The summed E-state index contributed by atoms with van der Waals surface area (Å²) >= 11 is 0. The highest BCUT2D eigenvalue weighted by Gasteiger charge is 2.35. The van der Waals surface area contributed by atoms with Crippen LogP contribution in [-0.4, -0.2) is 86.7 Å². The van der Waals surface area contributed by atoms with E-state index < -0.39 is 23.9 Å². The lowest BCUT2D eigenvalue weighted by atomic mass is 10.00. The second-order valence-corrected chi connectivity index (χ2v) is 11.2. The number of carbonyl (C=O) groups excluding carboxylic acids is 1. The fourth-order valence-corrected chi connectivity index (χ4v) is 6.29. The number of hydrogen-bond donors (Lipinski definition) is 2. The number of para-hydroxylation sites is 2. The molecule has 0 aliphatic carbocycles. The number of alkyl halides is 3. The maximum atomic E-state index is 13.1. The van der Waals surface area contributed by atoms with Crippen LogP contribution in [0.3, 0.4) is 0 Å². The van der Waals surface area contributed by atoms with Gasteiger partial charge in [-0.25, -0.2) is 4.79 Å². The minimum absolute atomic E-state index is 0.0167. The van der Waals surface area contributed by atoms with Crippen molar-refractivity contribution in [2.24, 2.45) is 0 Å². The molecule has 0 saturated carbocycles. The molecule has 1 atom stereocenters. The lowest BCUT2D eigenvalue weighted by Crippen LogP contribution is -2.51. The summed E-state index contributed by atoms with van der Waals surface area (Å²) in [6.07, 6.45) is -4.48. The van der Waals surface area contributed by atoms with E-state index in [1.54, 1.807) is 4.68 Å². The van der Waals surface area contributed by atoms with Gasteiger partial charge in [-0.3, -0.25) is 9.48 Å². The first kappa shape index (κ1) is 29.0. The van der Waals surface area contributed by atoms with Crippen LogP contribution >= 0.6 is 0 Å². The van der Waals surface area contributed by atoms with Gasteiger partial charge in [0.05, 0.1) is 36.1 Å². The molecule has 2 amide bonds. The Morgan fingerprint density at radius 1 is 1.05 bits per heavy atom. The van der Waals surface area contributed by atoms with Crippen LogP contribution in [0.1, 0.15) is 29.7 Å². The Labute approximate surface area is 245 Å². The molecule has 0 bridgehead atoms. The van der Waals surface area contributed by atoms with E-state index in [1.165, 1.54) is 17.0 Å². The number of likely N-dealkylation sites (tertiary alicyclic amines) is 1. The molecule has 3 aromatic rings. The number of aromatic nitrogens is 2. The van der Waals surface area contributed by atoms with E-state index >= 15 is 0 Å². The van der Waals surface area contributed by atoms with Gasteiger partial charge in [-0.15, -0.1) is 0 Å². The third-order valence-corrected chi connectivity index (χ3v) is 8.41. The molecule has 43 heavy (non-hydrogen) atoms. The average molecular weight is 600 g/mol. The van der Waals surface area contributed by atoms with Crippen molar-refractivity contribution in [3.05, 3.63) is 65.4 Å². The molecule has 228 valence electrons. The molecule has 1 unspecified atom stereocenters. The van der Waals surface area contributed by atoms with Crippen molar-refractivity contribution < 1.29 is 37.7 Å². The molecule has 4 heterocycles. The van der Waals surface area contributed by atoms with Crippen molar-refractivity contribution >= 4 is 17.7 Å². The predicted molar refractivity (Wildman–Crippen MR) is 150 cm³/mol. The van der Waals surface area contributed by atoms with Crippen molar-refractivity contribution in [3.63, 3.8) is 0 Å². The van der Waals surface area contributed by atoms with Crippen LogP contribution in [0, 0.1) is 0 Å². The topological polar surface area (TPSA) is 111 Å². The monoisotopic (exact) mass is 599 g/mol. The summed E-state index contributed by atoms with van der Waals surface area (Å²) in [6, 6.07) is 12.2. The first-order valence-corrected chi connectivity index (χ1v) is 14.3. The van der Waals surface area contributed by atoms with E-state index in [0.717, 1.165) is 36.4 Å². The maximum absolute atomic E-state index is 13.1. The van der Waals surface area contributed by atoms with Crippen LogP contribution in [0.5, 0.6) is 5.75 Å². The highest BCUT2D eigenvalue weighted by Crippen LogP contribution is 2.36. The molecule has 13 heteroatoms. The number of nitrogens with zero attached hydrogens (tertiary/aromatic N) is 5. The number of benzene rings is 2. The molecule has 10 nitrogen and oxygen atoms in total. The minimum Gasteiger partial charge on any atom is -0.482 e. The van der Waals surface area contributed by atoms with E-state index in [9.17, 15) is 33.0 Å². The SMILES string of the molecule is O=C(O)N1CCc2c(c(-c3ccc(C(F)(F)F)cc3)nn2CC(O)CN2CCC(N3C(=O)COc4ccccc43)CC2)C1. The number of halogens is 3. The first-order valence-electron chi connectivity index (χ1n) is 14.3. The number of aliphatic hydroxyl groups excluding tert-OH is 1. The molecule has 3 aliphatic heterocycles. The second-order valence-electron chi connectivity index (χ2n) is 11.2. The van der Waals surface area contributed by atoms with Crippen molar-refractivity contribution in [1.29, 1.82) is 0 Å². The lowest BCUT2D eigenvalue weighted by Gasteiger charge is -2.41. The molecule has 2 N–H and O–H groups in total. The fraction of sp³-hybridized carbons (Fsp3) is 0.433. The average Bonchev–Trinajstić information content (AvgIpc) is 3.34. The largest absolute Gasteiger partial charge is 0.482 e. The van der Waals surface area contributed by atoms with Crippen LogP contribution in [0.4, 0.5) is 23.7 Å². The Morgan fingerprint density at radius 3 is 2.47 bits per heavy atom. The summed E-state index contributed by atoms with van der Waals surface area (Å²) in [5.41, 5.74) is 2.28. The third kappa shape index (κ3) is 5.91. The predicted octanol–water partition coefficient (Wildman–Crippen LogP) is 3.86. The van der Waals surface area contributed by atoms with Crippen molar-refractivity contribution in [2.45, 2.75) is 50.7 Å². The van der Waals surface area contributed by atoms with Gasteiger partial charge in [0, 0.05) is 55.5 Å². The quantitative estimate of drug-likeness (QED) is 0.443. The molecule has 1 fully saturated rings. The second kappa shape index (κ2) is 11.5. The first-order chi connectivity index (χ1) is 20.6. The van der Waals surface area contributed by atoms with Gasteiger partial charge in [0.1, 0.15) is 5.75 Å². The number of aliphatic hydroxyl groups is 1. The highest BCUT2D eigenvalue weighted by atomic mass is 19.4. The zero-order chi connectivity index (χ0) is 30.3. The number of carbonyl (C=O) groups is 2. The van der Waals surface area contributed by atoms with Crippen LogP contribution in [0.25, 0.3) is 11.3 Å². The van der Waals surface area contributed by atoms with E-state index in [-0.39, 0.29) is 38.2 Å². The van der Waals surface area contributed by atoms with E-state index in [4.69, 9.17) is 4.74 Å². The van der Waals surface area contributed by atoms with Crippen LogP contribution in [0.2, 0.25) is 0 Å². The van der Waals surface area contributed by atoms with E-state index in [2.05, 4.69) is 10.00 Å². The summed E-state index contributed by atoms with van der Waals surface area (Å²) in [5.74, 6) is 0.635. The van der Waals surface area contributed by atoms with Gasteiger partial charge in [0.2, 0.25) is 0 Å². The van der Waals surface area contributed by atoms with Gasteiger partial charge in [-0.2, -0.15) is 18.3 Å². The number of amides is 2. The fourth-order valence-electron chi connectivity index (χ4n) is 6.29. The van der Waals surface area contributed by atoms with Gasteiger partial charge >= 0.3 is 12.3 Å². The van der Waals surface area contributed by atoms with Crippen LogP contribution < -0.4 is 9.64 Å². The molecule has 0 radical (unpaired) electrons. The molecule has 6 rings (SSSR count). The zero-order valence-corrected chi connectivity index (χ0v) is 23.3. The summed E-state index contributed by atoms with van der Waals surface area (Å²) in [5, 5.41) is 25.3.